The molecule has 3 amide bonds. The zero-order valence-electron chi connectivity index (χ0n) is 17.9. The van der Waals surface area contributed by atoms with E-state index in [1.165, 1.54) is 17.0 Å². The summed E-state index contributed by atoms with van der Waals surface area (Å²) in [6, 6.07) is 11.5. The molecular formula is C24H30FN3O2. The summed E-state index contributed by atoms with van der Waals surface area (Å²) >= 11 is 0. The number of hydrogen-bond acceptors (Lipinski definition) is 2. The van der Waals surface area contributed by atoms with E-state index in [1.54, 1.807) is 19.2 Å². The van der Waals surface area contributed by atoms with Crippen molar-refractivity contribution in [3.8, 4) is 0 Å². The zero-order valence-corrected chi connectivity index (χ0v) is 17.9. The molecule has 0 saturated heterocycles. The van der Waals surface area contributed by atoms with Crippen LogP contribution in [0.3, 0.4) is 0 Å². The van der Waals surface area contributed by atoms with Crippen molar-refractivity contribution in [3.05, 3.63) is 65.0 Å². The molecule has 1 aliphatic rings. The number of carbonyl (C=O) groups is 2. The van der Waals surface area contributed by atoms with Gasteiger partial charge >= 0.3 is 6.03 Å². The van der Waals surface area contributed by atoms with Crippen molar-refractivity contribution in [2.24, 2.45) is 5.92 Å². The Kier molecular flexibility index (Phi) is 7.08. The summed E-state index contributed by atoms with van der Waals surface area (Å²) in [7, 11) is 1.61. The fourth-order valence-corrected chi connectivity index (χ4v) is 4.04. The molecule has 0 aromatic heterocycles. The van der Waals surface area contributed by atoms with E-state index in [4.69, 9.17) is 0 Å². The van der Waals surface area contributed by atoms with Gasteiger partial charge in [-0.1, -0.05) is 37.1 Å². The standard InChI is InChI=1S/C24H30FN3O2/c1-16-7-6-10-21(17(16)2)26-22(29)15-28(3)24(30)27-23(18-8-4-5-9-18)19-11-13-20(25)14-12-19/h6-7,10-14,18,23H,4-5,8-9,15H2,1-3H3,(H,26,29)(H,27,30)/t23-/m1/s1. The first-order valence-corrected chi connectivity index (χ1v) is 10.5. The smallest absolute Gasteiger partial charge is 0.318 e. The molecule has 160 valence electrons. The fourth-order valence-electron chi connectivity index (χ4n) is 4.04. The highest BCUT2D eigenvalue weighted by Gasteiger charge is 2.29. The van der Waals surface area contributed by atoms with Gasteiger partial charge in [0.2, 0.25) is 5.91 Å². The lowest BCUT2D eigenvalue weighted by molar-refractivity contribution is -0.116. The minimum absolute atomic E-state index is 0.0555. The Morgan fingerprint density at radius 2 is 1.77 bits per heavy atom. The number of anilines is 1. The number of rotatable bonds is 6. The highest BCUT2D eigenvalue weighted by molar-refractivity contribution is 5.95. The molecule has 6 heteroatoms. The summed E-state index contributed by atoms with van der Waals surface area (Å²) in [5, 5.41) is 5.95. The van der Waals surface area contributed by atoms with Crippen LogP contribution in [0.1, 0.15) is 48.4 Å². The Morgan fingerprint density at radius 1 is 1.10 bits per heavy atom. The second kappa shape index (κ2) is 9.74. The average Bonchev–Trinajstić information content (AvgIpc) is 3.24. The van der Waals surface area contributed by atoms with Crippen molar-refractivity contribution in [2.75, 3.05) is 18.9 Å². The van der Waals surface area contributed by atoms with Crippen molar-refractivity contribution in [1.82, 2.24) is 10.2 Å². The minimum atomic E-state index is -0.313. The minimum Gasteiger partial charge on any atom is -0.331 e. The lowest BCUT2D eigenvalue weighted by Crippen LogP contribution is -2.44. The number of nitrogens with one attached hydrogen (secondary N) is 2. The summed E-state index contributed by atoms with van der Waals surface area (Å²) in [6.07, 6.45) is 4.32. The molecule has 0 spiro atoms. The quantitative estimate of drug-likeness (QED) is 0.706. The number of urea groups is 1. The van der Waals surface area contributed by atoms with Crippen molar-refractivity contribution in [3.63, 3.8) is 0 Å². The first-order chi connectivity index (χ1) is 14.3. The van der Waals surface area contributed by atoms with E-state index in [0.29, 0.717) is 5.92 Å². The summed E-state index contributed by atoms with van der Waals surface area (Å²) in [5.74, 6) is -0.229. The molecular weight excluding hydrogens is 381 g/mol. The molecule has 2 aromatic rings. The third-order valence-electron chi connectivity index (χ3n) is 5.99. The number of carbonyl (C=O) groups excluding carboxylic acids is 2. The van der Waals surface area contributed by atoms with E-state index in [-0.39, 0.29) is 30.3 Å². The first kappa shape index (κ1) is 21.8. The van der Waals surface area contributed by atoms with Gasteiger partial charge in [-0.3, -0.25) is 4.79 Å². The molecule has 0 unspecified atom stereocenters. The van der Waals surface area contributed by atoms with Crippen LogP contribution in [0, 0.1) is 25.6 Å². The number of nitrogens with zero attached hydrogens (tertiary/aromatic N) is 1. The third-order valence-corrected chi connectivity index (χ3v) is 5.99. The lowest BCUT2D eigenvalue weighted by atomic mass is 9.91. The van der Waals surface area contributed by atoms with E-state index in [1.807, 2.05) is 32.0 Å². The Hall–Kier alpha value is -2.89. The van der Waals surface area contributed by atoms with Crippen molar-refractivity contribution < 1.29 is 14.0 Å². The molecule has 2 N–H and O–H groups in total. The van der Waals surface area contributed by atoms with Crippen LogP contribution in [-0.4, -0.2) is 30.4 Å². The molecule has 0 aliphatic heterocycles. The van der Waals surface area contributed by atoms with Crippen LogP contribution in [0.25, 0.3) is 0 Å². The second-order valence-electron chi connectivity index (χ2n) is 8.17. The predicted octanol–water partition coefficient (Wildman–Crippen LogP) is 4.95. The van der Waals surface area contributed by atoms with Gasteiger partial charge in [0, 0.05) is 12.7 Å². The maximum Gasteiger partial charge on any atom is 0.318 e. The van der Waals surface area contributed by atoms with E-state index < -0.39 is 0 Å². The van der Waals surface area contributed by atoms with Crippen molar-refractivity contribution in [2.45, 2.75) is 45.6 Å². The first-order valence-electron chi connectivity index (χ1n) is 10.5. The Labute approximate surface area is 177 Å². The number of benzene rings is 2. The fraction of sp³-hybridized carbons (Fsp3) is 0.417. The summed E-state index contributed by atoms with van der Waals surface area (Å²) in [4.78, 5) is 26.7. The molecule has 1 saturated carbocycles. The second-order valence-corrected chi connectivity index (χ2v) is 8.17. The lowest BCUT2D eigenvalue weighted by Gasteiger charge is -2.28. The molecule has 1 aliphatic carbocycles. The molecule has 2 aromatic carbocycles. The molecule has 1 fully saturated rings. The van der Waals surface area contributed by atoms with Crippen molar-refractivity contribution in [1.29, 1.82) is 0 Å². The summed E-state index contributed by atoms with van der Waals surface area (Å²) in [5.41, 5.74) is 3.75. The molecule has 0 radical (unpaired) electrons. The zero-order chi connectivity index (χ0) is 21.7. The molecule has 3 rings (SSSR count). The monoisotopic (exact) mass is 411 g/mol. The van der Waals surface area contributed by atoms with Crippen LogP contribution in [-0.2, 0) is 4.79 Å². The van der Waals surface area contributed by atoms with Crippen LogP contribution < -0.4 is 10.6 Å². The Morgan fingerprint density at radius 3 is 2.43 bits per heavy atom. The van der Waals surface area contributed by atoms with Gasteiger partial charge in [0.05, 0.1) is 6.04 Å². The van der Waals surface area contributed by atoms with Gasteiger partial charge in [0.25, 0.3) is 0 Å². The maximum absolute atomic E-state index is 13.4. The maximum atomic E-state index is 13.4. The van der Waals surface area contributed by atoms with Gasteiger partial charge in [-0.2, -0.15) is 0 Å². The van der Waals surface area contributed by atoms with E-state index >= 15 is 0 Å². The number of hydrogen-bond donors (Lipinski definition) is 2. The number of halogens is 1. The Bertz CT molecular complexity index is 892. The van der Waals surface area contributed by atoms with Gasteiger partial charge in [-0.25, -0.2) is 9.18 Å². The highest BCUT2D eigenvalue weighted by Crippen LogP contribution is 2.35. The largest absolute Gasteiger partial charge is 0.331 e. The van der Waals surface area contributed by atoms with E-state index in [9.17, 15) is 14.0 Å². The van der Waals surface area contributed by atoms with Crippen molar-refractivity contribution >= 4 is 17.6 Å². The average molecular weight is 412 g/mol. The van der Waals surface area contributed by atoms with Crippen LogP contribution in [0.2, 0.25) is 0 Å². The third kappa shape index (κ3) is 5.38. The summed E-state index contributed by atoms with van der Waals surface area (Å²) < 4.78 is 13.4. The van der Waals surface area contributed by atoms with Crippen LogP contribution in [0.4, 0.5) is 14.9 Å². The van der Waals surface area contributed by atoms with Gasteiger partial charge in [-0.05, 0) is 67.5 Å². The van der Waals surface area contributed by atoms with Gasteiger partial charge in [0.1, 0.15) is 12.4 Å². The molecule has 0 bridgehead atoms. The molecule has 0 heterocycles. The van der Waals surface area contributed by atoms with Crippen LogP contribution in [0.15, 0.2) is 42.5 Å². The summed E-state index contributed by atoms with van der Waals surface area (Å²) in [6.45, 7) is 3.89. The predicted molar refractivity (Wildman–Crippen MR) is 117 cm³/mol. The van der Waals surface area contributed by atoms with Crippen LogP contribution >= 0.6 is 0 Å². The Balaban J connectivity index is 1.63. The van der Waals surface area contributed by atoms with Gasteiger partial charge < -0.3 is 15.5 Å². The number of aryl methyl sites for hydroxylation is 1. The molecule has 1 atom stereocenters. The number of likely N-dealkylation sites (N-methyl/N-ethyl adjacent to an activating group) is 1. The van der Waals surface area contributed by atoms with Gasteiger partial charge in [-0.15, -0.1) is 0 Å². The molecule has 30 heavy (non-hydrogen) atoms. The van der Waals surface area contributed by atoms with Crippen LogP contribution in [0.5, 0.6) is 0 Å². The topological polar surface area (TPSA) is 61.4 Å². The SMILES string of the molecule is Cc1cccc(NC(=O)CN(C)C(=O)N[C@@H](c2ccc(F)cc2)C2CCCC2)c1C. The van der Waals surface area contributed by atoms with E-state index in [0.717, 1.165) is 48.1 Å². The highest BCUT2D eigenvalue weighted by atomic mass is 19.1. The van der Waals surface area contributed by atoms with E-state index in [2.05, 4.69) is 10.6 Å². The molecule has 5 nitrogen and oxygen atoms in total. The normalized spacial score (nSPS) is 14.9. The number of amides is 3. The van der Waals surface area contributed by atoms with Gasteiger partial charge in [0.15, 0.2) is 0 Å².